The van der Waals surface area contributed by atoms with Crippen molar-refractivity contribution < 1.29 is 13.2 Å². The number of amides is 1. The zero-order valence-electron chi connectivity index (χ0n) is 16.6. The summed E-state index contributed by atoms with van der Waals surface area (Å²) in [6.07, 6.45) is 1.71. The molecule has 0 radical (unpaired) electrons. The summed E-state index contributed by atoms with van der Waals surface area (Å²) in [4.78, 5) is 24.9. The molecule has 1 heterocycles. The first-order valence-corrected chi connectivity index (χ1v) is 11.0. The maximum Gasteiger partial charge on any atom is 0.296 e. The van der Waals surface area contributed by atoms with Gasteiger partial charge in [-0.2, -0.15) is 0 Å². The number of hydrogen-bond acceptors (Lipinski definition) is 4. The molecule has 9 heteroatoms. The quantitative estimate of drug-likeness (QED) is 0.633. The molecule has 4 rings (SSSR count). The summed E-state index contributed by atoms with van der Waals surface area (Å²) in [6.45, 7) is 1.67. The Morgan fingerprint density at radius 1 is 1.07 bits per heavy atom. The molecule has 156 valence electrons. The predicted molar refractivity (Wildman–Crippen MR) is 114 cm³/mol. The summed E-state index contributed by atoms with van der Waals surface area (Å²) in [6, 6.07) is 15.0. The van der Waals surface area contributed by atoms with E-state index in [4.69, 9.17) is 0 Å². The predicted octanol–water partition coefficient (Wildman–Crippen LogP) is 2.63. The van der Waals surface area contributed by atoms with Crippen LogP contribution < -0.4 is 15.6 Å². The van der Waals surface area contributed by atoms with Gasteiger partial charge in [0.1, 0.15) is 5.69 Å². The second-order valence-corrected chi connectivity index (χ2v) is 9.02. The fraction of sp³-hybridized carbons (Fsp3) is 0.238. The lowest BCUT2D eigenvalue weighted by atomic mass is 10.3. The van der Waals surface area contributed by atoms with Gasteiger partial charge in [0.05, 0.1) is 16.3 Å². The van der Waals surface area contributed by atoms with Gasteiger partial charge in [-0.25, -0.2) is 13.1 Å². The molecular weight excluding hydrogens is 404 g/mol. The fourth-order valence-electron chi connectivity index (χ4n) is 3.21. The van der Waals surface area contributed by atoms with Crippen molar-refractivity contribution in [3.8, 4) is 5.69 Å². The number of nitrogens with zero attached hydrogens (tertiary/aromatic N) is 2. The monoisotopic (exact) mass is 426 g/mol. The summed E-state index contributed by atoms with van der Waals surface area (Å²) in [7, 11) is -2.34. The van der Waals surface area contributed by atoms with Crippen LogP contribution in [0.15, 0.2) is 64.3 Å². The van der Waals surface area contributed by atoms with E-state index in [0.717, 1.165) is 12.8 Å². The highest BCUT2D eigenvalue weighted by molar-refractivity contribution is 7.92. The van der Waals surface area contributed by atoms with Crippen molar-refractivity contribution in [3.63, 3.8) is 0 Å². The number of benzene rings is 2. The Morgan fingerprint density at radius 3 is 2.43 bits per heavy atom. The number of sulfonamides is 1. The normalized spacial score (nSPS) is 13.8. The number of rotatable bonds is 6. The van der Waals surface area contributed by atoms with E-state index in [-0.39, 0.29) is 22.4 Å². The van der Waals surface area contributed by atoms with Gasteiger partial charge in [-0.3, -0.25) is 19.0 Å². The minimum absolute atomic E-state index is 0.00631. The molecule has 1 aliphatic carbocycles. The van der Waals surface area contributed by atoms with Gasteiger partial charge in [0, 0.05) is 18.7 Å². The average Bonchev–Trinajstić information content (AvgIpc) is 3.55. The molecule has 0 unspecified atom stereocenters. The van der Waals surface area contributed by atoms with Gasteiger partial charge < -0.3 is 5.32 Å². The summed E-state index contributed by atoms with van der Waals surface area (Å²) in [5, 5.41) is 2.74. The molecular formula is C21H22N4O4S. The SMILES string of the molecule is Cc1c(NS(=O)(=O)c2cccc(NC(=O)C3CC3)c2)c(=O)n(-c2ccccc2)n1C. The third kappa shape index (κ3) is 3.76. The van der Waals surface area contributed by atoms with Crippen LogP contribution in [0.3, 0.4) is 0 Å². The Hall–Kier alpha value is -3.33. The molecule has 30 heavy (non-hydrogen) atoms. The van der Waals surface area contributed by atoms with E-state index in [0.29, 0.717) is 17.1 Å². The lowest BCUT2D eigenvalue weighted by molar-refractivity contribution is -0.117. The van der Waals surface area contributed by atoms with Crippen LogP contribution in [0.1, 0.15) is 18.5 Å². The minimum Gasteiger partial charge on any atom is -0.326 e. The van der Waals surface area contributed by atoms with Crippen molar-refractivity contribution in [1.82, 2.24) is 9.36 Å². The third-order valence-electron chi connectivity index (χ3n) is 5.15. The van der Waals surface area contributed by atoms with Crippen molar-refractivity contribution in [1.29, 1.82) is 0 Å². The van der Waals surface area contributed by atoms with Crippen LogP contribution in [-0.2, 0) is 21.9 Å². The minimum atomic E-state index is -4.03. The summed E-state index contributed by atoms with van der Waals surface area (Å²) in [5.74, 6) is -0.103. The Bertz CT molecular complexity index is 1270. The molecule has 1 amide bonds. The number of aromatic nitrogens is 2. The molecule has 0 bridgehead atoms. The Kier molecular flexibility index (Phi) is 4.98. The van der Waals surface area contributed by atoms with Crippen LogP contribution in [-0.4, -0.2) is 23.7 Å². The van der Waals surface area contributed by atoms with Crippen LogP contribution in [0.5, 0.6) is 0 Å². The highest BCUT2D eigenvalue weighted by Crippen LogP contribution is 2.30. The number of para-hydroxylation sites is 1. The molecule has 1 saturated carbocycles. The number of nitrogens with one attached hydrogen (secondary N) is 2. The van der Waals surface area contributed by atoms with E-state index in [1.807, 2.05) is 6.07 Å². The van der Waals surface area contributed by atoms with Gasteiger partial charge in [-0.1, -0.05) is 24.3 Å². The summed E-state index contributed by atoms with van der Waals surface area (Å²) < 4.78 is 31.4. The topological polar surface area (TPSA) is 102 Å². The van der Waals surface area contributed by atoms with Gasteiger partial charge in [0.2, 0.25) is 5.91 Å². The summed E-state index contributed by atoms with van der Waals surface area (Å²) >= 11 is 0. The highest BCUT2D eigenvalue weighted by atomic mass is 32.2. The fourth-order valence-corrected chi connectivity index (χ4v) is 4.37. The second kappa shape index (κ2) is 7.49. The van der Waals surface area contributed by atoms with Gasteiger partial charge in [0.25, 0.3) is 15.6 Å². The number of anilines is 2. The van der Waals surface area contributed by atoms with E-state index >= 15 is 0 Å². The van der Waals surface area contributed by atoms with Crippen molar-refractivity contribution in [2.75, 3.05) is 10.0 Å². The number of hydrogen-bond donors (Lipinski definition) is 2. The summed E-state index contributed by atoms with van der Waals surface area (Å²) in [5.41, 5.74) is 1.02. The molecule has 2 aromatic carbocycles. The van der Waals surface area contributed by atoms with Gasteiger partial charge in [0.15, 0.2) is 0 Å². The first kappa shape index (κ1) is 20.0. The standard InChI is InChI=1S/C21H22N4O4S/c1-14-19(21(27)25(24(14)2)17-8-4-3-5-9-17)23-30(28,29)18-10-6-7-16(13-18)22-20(26)15-11-12-15/h3-10,13,15,23H,11-12H2,1-2H3,(H,22,26). The van der Waals surface area contributed by atoms with E-state index in [2.05, 4.69) is 10.0 Å². The molecule has 1 aromatic heterocycles. The lowest BCUT2D eigenvalue weighted by Gasteiger charge is -2.09. The van der Waals surface area contributed by atoms with Crippen LogP contribution in [0.25, 0.3) is 5.69 Å². The first-order chi connectivity index (χ1) is 14.3. The van der Waals surface area contributed by atoms with E-state index in [9.17, 15) is 18.0 Å². The zero-order valence-corrected chi connectivity index (χ0v) is 17.4. The number of carbonyl (C=O) groups is 1. The molecule has 8 nitrogen and oxygen atoms in total. The van der Waals surface area contributed by atoms with Crippen LogP contribution in [0.2, 0.25) is 0 Å². The maximum absolute atomic E-state index is 13.0. The van der Waals surface area contributed by atoms with E-state index in [1.54, 1.807) is 55.1 Å². The molecule has 1 aliphatic rings. The second-order valence-electron chi connectivity index (χ2n) is 7.33. The molecule has 0 spiro atoms. The Labute approximate surface area is 174 Å². The molecule has 1 fully saturated rings. The van der Waals surface area contributed by atoms with E-state index in [1.165, 1.54) is 16.8 Å². The molecule has 3 aromatic rings. The van der Waals surface area contributed by atoms with Crippen molar-refractivity contribution >= 4 is 27.3 Å². The van der Waals surface area contributed by atoms with E-state index < -0.39 is 15.6 Å². The Balaban J connectivity index is 1.66. The maximum atomic E-state index is 13.0. The van der Waals surface area contributed by atoms with Gasteiger partial charge in [-0.05, 0) is 50.1 Å². The lowest BCUT2D eigenvalue weighted by Crippen LogP contribution is -2.23. The highest BCUT2D eigenvalue weighted by Gasteiger charge is 2.30. The molecule has 2 N–H and O–H groups in total. The Morgan fingerprint density at radius 2 is 1.77 bits per heavy atom. The van der Waals surface area contributed by atoms with Crippen molar-refractivity contribution in [2.45, 2.75) is 24.7 Å². The van der Waals surface area contributed by atoms with Gasteiger partial charge in [-0.15, -0.1) is 0 Å². The zero-order chi connectivity index (χ0) is 21.5. The molecule has 0 saturated heterocycles. The smallest absolute Gasteiger partial charge is 0.296 e. The van der Waals surface area contributed by atoms with Crippen molar-refractivity contribution in [3.05, 3.63) is 70.6 Å². The average molecular weight is 426 g/mol. The van der Waals surface area contributed by atoms with Gasteiger partial charge >= 0.3 is 0 Å². The third-order valence-corrected chi connectivity index (χ3v) is 6.50. The largest absolute Gasteiger partial charge is 0.326 e. The van der Waals surface area contributed by atoms with Crippen LogP contribution in [0, 0.1) is 12.8 Å². The van der Waals surface area contributed by atoms with Crippen molar-refractivity contribution in [2.24, 2.45) is 13.0 Å². The number of carbonyl (C=O) groups excluding carboxylic acids is 1. The molecule has 0 aliphatic heterocycles. The molecule has 0 atom stereocenters. The van der Waals surface area contributed by atoms with Crippen LogP contribution in [0.4, 0.5) is 11.4 Å². The first-order valence-electron chi connectivity index (χ1n) is 9.56. The van der Waals surface area contributed by atoms with Crippen LogP contribution >= 0.6 is 0 Å².